The van der Waals surface area contributed by atoms with Gasteiger partial charge in [-0.2, -0.15) is 0 Å². The third kappa shape index (κ3) is 3.39. The molecule has 1 aromatic carbocycles. The first kappa shape index (κ1) is 17.5. The van der Waals surface area contributed by atoms with Gasteiger partial charge in [0, 0.05) is 32.5 Å². The summed E-state index contributed by atoms with van der Waals surface area (Å²) in [5, 5.41) is 20.8. The molecule has 1 saturated heterocycles. The summed E-state index contributed by atoms with van der Waals surface area (Å²) < 4.78 is 1.83. The van der Waals surface area contributed by atoms with Crippen molar-refractivity contribution in [2.24, 2.45) is 13.0 Å². The van der Waals surface area contributed by atoms with Gasteiger partial charge >= 0.3 is 0 Å². The lowest BCUT2D eigenvalue weighted by Gasteiger charge is -2.34. The highest BCUT2D eigenvalue weighted by Crippen LogP contribution is 2.31. The maximum Gasteiger partial charge on any atom is 0.257 e. The average molecular weight is 343 g/mol. The summed E-state index contributed by atoms with van der Waals surface area (Å²) in [5.41, 5.74) is 2.03. The molecule has 0 saturated carbocycles. The van der Waals surface area contributed by atoms with Crippen molar-refractivity contribution in [3.63, 3.8) is 0 Å². The molecule has 1 aliphatic rings. The molecule has 0 aliphatic carbocycles. The highest BCUT2D eigenvalue weighted by atomic mass is 16.3. The summed E-state index contributed by atoms with van der Waals surface area (Å²) in [5.74, 6) is 0.662. The Balaban J connectivity index is 1.68. The van der Waals surface area contributed by atoms with Crippen LogP contribution in [0.25, 0.3) is 0 Å². The molecule has 134 valence electrons. The summed E-state index contributed by atoms with van der Waals surface area (Å²) >= 11 is 0. The number of phenolic OH excluding ortho intramolecular Hbond substituents is 1. The van der Waals surface area contributed by atoms with E-state index in [1.165, 1.54) is 0 Å². The molecule has 1 amide bonds. The highest BCUT2D eigenvalue weighted by molar-refractivity contribution is 5.97. The van der Waals surface area contributed by atoms with Crippen molar-refractivity contribution in [3.05, 3.63) is 47.0 Å². The maximum absolute atomic E-state index is 12.8. The molecule has 2 N–H and O–H groups in total. The first-order valence-electron chi connectivity index (χ1n) is 8.63. The third-order valence-electron chi connectivity index (χ3n) is 5.07. The number of carbonyl (C=O) groups is 1. The highest BCUT2D eigenvalue weighted by Gasteiger charge is 2.31. The Morgan fingerprint density at radius 3 is 2.56 bits per heavy atom. The molecule has 1 aromatic heterocycles. The monoisotopic (exact) mass is 343 g/mol. The number of carbonyl (C=O) groups excluding carboxylic acids is 1. The van der Waals surface area contributed by atoms with Crippen LogP contribution in [0.1, 0.15) is 46.3 Å². The van der Waals surface area contributed by atoms with Crippen LogP contribution < -0.4 is 0 Å². The van der Waals surface area contributed by atoms with Crippen molar-refractivity contribution >= 4 is 5.91 Å². The topological polar surface area (TPSA) is 78.6 Å². The second-order valence-electron chi connectivity index (χ2n) is 6.95. The van der Waals surface area contributed by atoms with Crippen LogP contribution in [0.2, 0.25) is 0 Å². The van der Waals surface area contributed by atoms with Gasteiger partial charge in [-0.25, -0.2) is 4.98 Å². The quantitative estimate of drug-likeness (QED) is 0.896. The van der Waals surface area contributed by atoms with Crippen LogP contribution in [0.5, 0.6) is 5.75 Å². The van der Waals surface area contributed by atoms with Gasteiger partial charge in [0.15, 0.2) is 0 Å². The smallest absolute Gasteiger partial charge is 0.257 e. The van der Waals surface area contributed by atoms with Crippen molar-refractivity contribution in [2.45, 2.75) is 32.8 Å². The van der Waals surface area contributed by atoms with Crippen molar-refractivity contribution in [1.82, 2.24) is 14.5 Å². The zero-order valence-corrected chi connectivity index (χ0v) is 14.9. The Kier molecular flexibility index (Phi) is 4.81. The summed E-state index contributed by atoms with van der Waals surface area (Å²) in [7, 11) is 1.87. The van der Waals surface area contributed by atoms with Crippen LogP contribution in [0, 0.1) is 19.8 Å². The van der Waals surface area contributed by atoms with Gasteiger partial charge in [0.2, 0.25) is 0 Å². The molecule has 0 radical (unpaired) electrons. The van der Waals surface area contributed by atoms with Crippen molar-refractivity contribution in [1.29, 1.82) is 0 Å². The standard InChI is InChI=1S/C19H25N3O3/c1-12-10-13(2)16(23)15(11-12)19(25)22-7-4-14(5-8-22)17(24)18-20-6-9-21(18)3/h6,9-11,14,17,23-24H,4-5,7-8H2,1-3H3. The van der Waals surface area contributed by atoms with E-state index in [4.69, 9.17) is 0 Å². The summed E-state index contributed by atoms with van der Waals surface area (Å²) in [6, 6.07) is 3.60. The number of rotatable bonds is 3. The third-order valence-corrected chi connectivity index (χ3v) is 5.07. The fourth-order valence-corrected chi connectivity index (χ4v) is 3.58. The lowest BCUT2D eigenvalue weighted by molar-refractivity contribution is 0.0418. The van der Waals surface area contributed by atoms with Crippen molar-refractivity contribution in [2.75, 3.05) is 13.1 Å². The van der Waals surface area contributed by atoms with E-state index in [0.717, 1.165) is 5.56 Å². The lowest BCUT2D eigenvalue weighted by Crippen LogP contribution is -2.40. The Hall–Kier alpha value is -2.34. The van der Waals surface area contributed by atoms with Gasteiger partial charge in [-0.1, -0.05) is 6.07 Å². The number of hydrogen-bond donors (Lipinski definition) is 2. The van der Waals surface area contributed by atoms with Gasteiger partial charge < -0.3 is 19.7 Å². The normalized spacial score (nSPS) is 16.9. The summed E-state index contributed by atoms with van der Waals surface area (Å²) in [6.07, 6.45) is 4.31. The van der Waals surface area contributed by atoms with Crippen LogP contribution in [-0.4, -0.2) is 43.7 Å². The number of imidazole rings is 1. The van der Waals surface area contributed by atoms with E-state index in [0.29, 0.717) is 42.9 Å². The summed E-state index contributed by atoms with van der Waals surface area (Å²) in [4.78, 5) is 18.8. The van der Waals surface area contributed by atoms with Gasteiger partial charge in [0.25, 0.3) is 5.91 Å². The van der Waals surface area contributed by atoms with Crippen LogP contribution in [-0.2, 0) is 7.05 Å². The number of phenols is 1. The second kappa shape index (κ2) is 6.88. The van der Waals surface area contributed by atoms with Crippen molar-refractivity contribution in [3.8, 4) is 5.75 Å². The van der Waals surface area contributed by atoms with E-state index in [-0.39, 0.29) is 17.6 Å². The number of aromatic nitrogens is 2. The largest absolute Gasteiger partial charge is 0.507 e. The maximum atomic E-state index is 12.8. The van der Waals surface area contributed by atoms with E-state index < -0.39 is 6.10 Å². The molecule has 2 heterocycles. The number of likely N-dealkylation sites (tertiary alicyclic amines) is 1. The van der Waals surface area contributed by atoms with Crippen LogP contribution in [0.4, 0.5) is 0 Å². The Morgan fingerprint density at radius 1 is 1.28 bits per heavy atom. The molecule has 2 aromatic rings. The molecule has 1 aliphatic heterocycles. The van der Waals surface area contributed by atoms with Crippen LogP contribution in [0.15, 0.2) is 24.5 Å². The van der Waals surface area contributed by atoms with E-state index >= 15 is 0 Å². The molecular weight excluding hydrogens is 318 g/mol. The molecule has 1 fully saturated rings. The number of piperidine rings is 1. The molecule has 25 heavy (non-hydrogen) atoms. The number of aliphatic hydroxyl groups is 1. The minimum Gasteiger partial charge on any atom is -0.507 e. The molecule has 6 heteroatoms. The van der Waals surface area contributed by atoms with E-state index in [1.807, 2.05) is 30.8 Å². The number of benzene rings is 1. The van der Waals surface area contributed by atoms with Gasteiger partial charge in [0.1, 0.15) is 17.7 Å². The van der Waals surface area contributed by atoms with Gasteiger partial charge in [-0.05, 0) is 49.8 Å². The van der Waals surface area contributed by atoms with Crippen LogP contribution in [0.3, 0.4) is 0 Å². The lowest BCUT2D eigenvalue weighted by atomic mass is 9.90. The number of aromatic hydroxyl groups is 1. The van der Waals surface area contributed by atoms with Gasteiger partial charge in [0.05, 0.1) is 5.56 Å². The summed E-state index contributed by atoms with van der Waals surface area (Å²) in [6.45, 7) is 4.85. The first-order chi connectivity index (χ1) is 11.9. The zero-order valence-electron chi connectivity index (χ0n) is 14.9. The second-order valence-corrected chi connectivity index (χ2v) is 6.95. The zero-order chi connectivity index (χ0) is 18.1. The molecule has 0 bridgehead atoms. The minimum atomic E-state index is -0.619. The van der Waals surface area contributed by atoms with Gasteiger partial charge in [-0.15, -0.1) is 0 Å². The predicted octanol–water partition coefficient (Wildman–Crippen LogP) is 2.33. The minimum absolute atomic E-state index is 0.0609. The Morgan fingerprint density at radius 2 is 1.96 bits per heavy atom. The Bertz CT molecular complexity index is 776. The fraction of sp³-hybridized carbons (Fsp3) is 0.474. The number of amides is 1. The Labute approximate surface area is 147 Å². The van der Waals surface area contributed by atoms with Crippen molar-refractivity contribution < 1.29 is 15.0 Å². The van der Waals surface area contributed by atoms with E-state index in [9.17, 15) is 15.0 Å². The molecule has 1 atom stereocenters. The molecule has 0 spiro atoms. The first-order valence-corrected chi connectivity index (χ1v) is 8.63. The molecular formula is C19H25N3O3. The van der Waals surface area contributed by atoms with E-state index in [1.54, 1.807) is 24.1 Å². The molecule has 1 unspecified atom stereocenters. The SMILES string of the molecule is Cc1cc(C)c(O)c(C(=O)N2CCC(C(O)c3nccn3C)CC2)c1. The van der Waals surface area contributed by atoms with Crippen LogP contribution >= 0.6 is 0 Å². The number of aliphatic hydroxyl groups excluding tert-OH is 1. The molecule has 3 rings (SSSR count). The molecule has 6 nitrogen and oxygen atoms in total. The predicted molar refractivity (Wildman–Crippen MR) is 94.4 cm³/mol. The number of aryl methyl sites for hydroxylation is 3. The van der Waals surface area contributed by atoms with E-state index in [2.05, 4.69) is 4.98 Å². The van der Waals surface area contributed by atoms with Gasteiger partial charge in [-0.3, -0.25) is 4.79 Å². The average Bonchev–Trinajstić information content (AvgIpc) is 3.03. The fourth-order valence-electron chi connectivity index (χ4n) is 3.58. The number of hydrogen-bond acceptors (Lipinski definition) is 4. The number of nitrogens with zero attached hydrogens (tertiary/aromatic N) is 3.